The van der Waals surface area contributed by atoms with E-state index in [0.29, 0.717) is 6.42 Å². The molecule has 0 aromatic carbocycles. The minimum Gasteiger partial charge on any atom is -0.347 e. The lowest BCUT2D eigenvalue weighted by Crippen LogP contribution is -2.45. The van der Waals surface area contributed by atoms with Crippen LogP contribution in [0.4, 0.5) is 0 Å². The predicted molar refractivity (Wildman–Crippen MR) is 85.6 cm³/mol. The topological polar surface area (TPSA) is 159 Å². The van der Waals surface area contributed by atoms with Gasteiger partial charge in [-0.05, 0) is 6.42 Å². The van der Waals surface area contributed by atoms with Crippen LogP contribution in [-0.2, 0) is 24.0 Å². The summed E-state index contributed by atoms with van der Waals surface area (Å²) in [6.45, 7) is 2.41. The molecule has 1 atom stereocenters. The van der Waals surface area contributed by atoms with E-state index >= 15 is 0 Å². The van der Waals surface area contributed by atoms with E-state index in [0.717, 1.165) is 0 Å². The van der Waals surface area contributed by atoms with Crippen molar-refractivity contribution in [2.24, 2.45) is 11.7 Å². The molecule has 0 aliphatic heterocycles. The number of amides is 4. The Hall–Kier alpha value is -2.49. The van der Waals surface area contributed by atoms with Crippen LogP contribution < -0.4 is 27.0 Å². The van der Waals surface area contributed by atoms with Gasteiger partial charge in [-0.15, -0.1) is 0 Å². The van der Waals surface area contributed by atoms with Crippen molar-refractivity contribution in [3.8, 4) is 0 Å². The molecule has 0 aliphatic rings. The van der Waals surface area contributed by atoms with Crippen LogP contribution in [0.25, 0.3) is 0 Å². The van der Waals surface area contributed by atoms with E-state index in [9.17, 15) is 24.0 Å². The van der Waals surface area contributed by atoms with Crippen LogP contribution in [0.1, 0.15) is 20.3 Å². The van der Waals surface area contributed by atoms with Crippen molar-refractivity contribution >= 4 is 29.4 Å². The zero-order valence-electron chi connectivity index (χ0n) is 13.9. The van der Waals surface area contributed by atoms with E-state index < -0.39 is 23.6 Å². The van der Waals surface area contributed by atoms with Gasteiger partial charge in [-0.1, -0.05) is 13.8 Å². The van der Waals surface area contributed by atoms with Crippen LogP contribution in [0.5, 0.6) is 0 Å². The summed E-state index contributed by atoms with van der Waals surface area (Å²) < 4.78 is 0. The number of nitrogens with two attached hydrogens (primary N) is 1. The van der Waals surface area contributed by atoms with Gasteiger partial charge in [0.1, 0.15) is 0 Å². The number of carbonyl (C=O) groups is 5. The molecule has 0 heterocycles. The summed E-state index contributed by atoms with van der Waals surface area (Å²) in [7, 11) is 0. The lowest BCUT2D eigenvalue weighted by molar-refractivity contribution is -0.129. The van der Waals surface area contributed by atoms with Gasteiger partial charge >= 0.3 is 0 Å². The quantitative estimate of drug-likeness (QED) is 0.269. The van der Waals surface area contributed by atoms with Gasteiger partial charge < -0.3 is 27.0 Å². The zero-order valence-corrected chi connectivity index (χ0v) is 13.9. The van der Waals surface area contributed by atoms with Crippen molar-refractivity contribution in [3.05, 3.63) is 0 Å². The third kappa shape index (κ3) is 10.3. The molecule has 10 heteroatoms. The maximum Gasteiger partial charge on any atom is 0.239 e. The van der Waals surface area contributed by atoms with Crippen molar-refractivity contribution in [3.63, 3.8) is 0 Å². The fourth-order valence-electron chi connectivity index (χ4n) is 1.38. The Morgan fingerprint density at radius 1 is 0.750 bits per heavy atom. The Bertz CT molecular complexity index is 480. The Balaban J connectivity index is 3.85. The second kappa shape index (κ2) is 12.0. The summed E-state index contributed by atoms with van der Waals surface area (Å²) in [4.78, 5) is 56.6. The molecule has 0 radical (unpaired) electrons. The minimum absolute atomic E-state index is 0.0797. The van der Waals surface area contributed by atoms with E-state index in [1.165, 1.54) is 0 Å². The third-order valence-corrected chi connectivity index (χ3v) is 3.15. The molecule has 6 N–H and O–H groups in total. The van der Waals surface area contributed by atoms with Crippen molar-refractivity contribution < 1.29 is 24.0 Å². The predicted octanol–water partition coefficient (Wildman–Crippen LogP) is -2.97. The second-order valence-corrected chi connectivity index (χ2v) is 5.09. The van der Waals surface area contributed by atoms with Crippen LogP contribution in [0, 0.1) is 5.92 Å². The van der Waals surface area contributed by atoms with Crippen LogP contribution >= 0.6 is 0 Å². The summed E-state index contributed by atoms with van der Waals surface area (Å²) in [6.07, 6.45) is 0.691. The number of hydrogen-bond donors (Lipinski definition) is 5. The lowest BCUT2D eigenvalue weighted by atomic mass is 10.0. The molecule has 1 unspecified atom stereocenters. The van der Waals surface area contributed by atoms with Gasteiger partial charge in [0.05, 0.1) is 32.7 Å². The molecule has 0 saturated heterocycles. The van der Waals surface area contributed by atoms with Crippen molar-refractivity contribution in [1.82, 2.24) is 21.3 Å². The van der Waals surface area contributed by atoms with E-state index in [4.69, 9.17) is 5.73 Å². The first-order valence-electron chi connectivity index (χ1n) is 7.59. The first-order chi connectivity index (χ1) is 11.3. The molecule has 0 aromatic heterocycles. The molecule has 0 aliphatic carbocycles. The average molecular weight is 343 g/mol. The number of Topliss-reactive ketones (excluding diaryl/α,β-unsaturated/α-hetero) is 1. The highest BCUT2D eigenvalue weighted by Gasteiger charge is 2.12. The largest absolute Gasteiger partial charge is 0.347 e. The Morgan fingerprint density at radius 2 is 1.12 bits per heavy atom. The molecule has 0 saturated carbocycles. The molecule has 0 fully saturated rings. The first kappa shape index (κ1) is 21.5. The summed E-state index contributed by atoms with van der Waals surface area (Å²) in [6, 6.07) is 0. The van der Waals surface area contributed by atoms with Gasteiger partial charge in [0.2, 0.25) is 23.6 Å². The molecule has 4 amide bonds. The summed E-state index contributed by atoms with van der Waals surface area (Å²) in [5.41, 5.74) is 5.05. The Morgan fingerprint density at radius 3 is 1.50 bits per heavy atom. The highest BCUT2D eigenvalue weighted by Crippen LogP contribution is 2.00. The van der Waals surface area contributed by atoms with Crippen molar-refractivity contribution in [2.75, 3.05) is 32.7 Å². The van der Waals surface area contributed by atoms with E-state index in [-0.39, 0.29) is 44.4 Å². The highest BCUT2D eigenvalue weighted by atomic mass is 16.2. The zero-order chi connectivity index (χ0) is 18.5. The second-order valence-electron chi connectivity index (χ2n) is 5.09. The Labute approximate surface area is 140 Å². The number of ketones is 1. The highest BCUT2D eigenvalue weighted by molar-refractivity contribution is 5.91. The van der Waals surface area contributed by atoms with Gasteiger partial charge in [0.15, 0.2) is 5.78 Å². The number of nitrogens with one attached hydrogen (secondary N) is 4. The number of rotatable bonds is 11. The van der Waals surface area contributed by atoms with E-state index in [1.54, 1.807) is 6.92 Å². The molecular formula is C14H25N5O5. The maximum absolute atomic E-state index is 11.5. The number of carbonyl (C=O) groups excluding carboxylic acids is 5. The number of hydrogen-bond acceptors (Lipinski definition) is 6. The fraction of sp³-hybridized carbons (Fsp3) is 0.643. The molecule has 0 bridgehead atoms. The molecule has 0 rings (SSSR count). The molecular weight excluding hydrogens is 318 g/mol. The van der Waals surface area contributed by atoms with Gasteiger partial charge in [0.25, 0.3) is 0 Å². The monoisotopic (exact) mass is 343 g/mol. The van der Waals surface area contributed by atoms with Crippen LogP contribution in [0.15, 0.2) is 0 Å². The normalized spacial score (nSPS) is 11.1. The molecule has 0 aromatic rings. The fourth-order valence-corrected chi connectivity index (χ4v) is 1.38. The van der Waals surface area contributed by atoms with Crippen molar-refractivity contribution in [2.45, 2.75) is 20.3 Å². The lowest BCUT2D eigenvalue weighted by Gasteiger charge is -2.10. The van der Waals surface area contributed by atoms with Gasteiger partial charge in [-0.25, -0.2) is 0 Å². The van der Waals surface area contributed by atoms with Crippen LogP contribution in [-0.4, -0.2) is 62.1 Å². The minimum atomic E-state index is -0.572. The van der Waals surface area contributed by atoms with E-state index in [2.05, 4.69) is 21.3 Å². The van der Waals surface area contributed by atoms with E-state index in [1.807, 2.05) is 6.92 Å². The third-order valence-electron chi connectivity index (χ3n) is 3.15. The smallest absolute Gasteiger partial charge is 0.239 e. The standard InChI is InChI=1S/C14H25N5O5/c1-3-9(2)10(20)5-16-12(22)7-18-14(24)8-19-13(23)6-17-11(21)4-15/h9H,3-8,15H2,1-2H3,(H,16,22)(H,17,21)(H,18,24)(H,19,23). The van der Waals surface area contributed by atoms with Crippen molar-refractivity contribution in [1.29, 1.82) is 0 Å². The van der Waals surface area contributed by atoms with Crippen LogP contribution in [0.3, 0.4) is 0 Å². The SMILES string of the molecule is CCC(C)C(=O)CNC(=O)CNC(=O)CNC(=O)CNC(=O)CN. The van der Waals surface area contributed by atoms with Gasteiger partial charge in [-0.2, -0.15) is 0 Å². The summed E-state index contributed by atoms with van der Waals surface area (Å²) in [5.74, 6) is -2.33. The molecule has 10 nitrogen and oxygen atoms in total. The van der Waals surface area contributed by atoms with Gasteiger partial charge in [0, 0.05) is 5.92 Å². The Kier molecular flexibility index (Phi) is 10.8. The molecule has 136 valence electrons. The maximum atomic E-state index is 11.5. The summed E-state index contributed by atoms with van der Waals surface area (Å²) in [5, 5.41) is 9.21. The van der Waals surface area contributed by atoms with Crippen LogP contribution in [0.2, 0.25) is 0 Å². The van der Waals surface area contributed by atoms with Gasteiger partial charge in [-0.3, -0.25) is 24.0 Å². The molecule has 0 spiro atoms. The first-order valence-corrected chi connectivity index (χ1v) is 7.59. The summed E-state index contributed by atoms with van der Waals surface area (Å²) >= 11 is 0. The average Bonchev–Trinajstić information content (AvgIpc) is 2.59. The molecule has 24 heavy (non-hydrogen) atoms.